The van der Waals surface area contributed by atoms with Gasteiger partial charge in [0.1, 0.15) is 4.83 Å². The number of thioether (sulfide) groups is 1. The van der Waals surface area contributed by atoms with Gasteiger partial charge in [0.25, 0.3) is 5.56 Å². The highest BCUT2D eigenvalue weighted by Gasteiger charge is 2.20. The maximum Gasteiger partial charge on any atom is 0.267 e. The third-order valence-corrected chi connectivity index (χ3v) is 7.40. The van der Waals surface area contributed by atoms with Gasteiger partial charge in [-0.3, -0.25) is 9.36 Å². The zero-order valence-corrected chi connectivity index (χ0v) is 19.4. The molecule has 0 amide bonds. The lowest BCUT2D eigenvalue weighted by Gasteiger charge is -2.15. The predicted octanol–water partition coefficient (Wildman–Crippen LogP) is 4.37. The van der Waals surface area contributed by atoms with Crippen LogP contribution in [0.5, 0.6) is 0 Å². The highest BCUT2D eigenvalue weighted by molar-refractivity contribution is 7.98. The molecule has 0 fully saturated rings. The van der Waals surface area contributed by atoms with Crippen LogP contribution in [0.4, 0.5) is 0 Å². The van der Waals surface area contributed by atoms with Crippen LogP contribution >= 0.6 is 23.1 Å². The van der Waals surface area contributed by atoms with Gasteiger partial charge in [-0.05, 0) is 67.3 Å². The van der Waals surface area contributed by atoms with E-state index in [1.54, 1.807) is 15.9 Å². The summed E-state index contributed by atoms with van der Waals surface area (Å²) in [7, 11) is 0. The van der Waals surface area contributed by atoms with Crippen molar-refractivity contribution in [3.63, 3.8) is 0 Å². The van der Waals surface area contributed by atoms with Crippen molar-refractivity contribution in [3.05, 3.63) is 55.9 Å². The van der Waals surface area contributed by atoms with Crippen molar-refractivity contribution in [2.75, 3.05) is 0 Å². The zero-order valence-electron chi connectivity index (χ0n) is 17.8. The number of tetrazole rings is 1. The van der Waals surface area contributed by atoms with Gasteiger partial charge in [0, 0.05) is 11.4 Å². The summed E-state index contributed by atoms with van der Waals surface area (Å²) in [5, 5.41) is 13.4. The third kappa shape index (κ3) is 3.56. The molecular weight excluding hydrogens is 416 g/mol. The van der Waals surface area contributed by atoms with E-state index in [-0.39, 0.29) is 5.56 Å². The summed E-state index contributed by atoms with van der Waals surface area (Å²) in [6.07, 6.45) is 0.952. The van der Waals surface area contributed by atoms with Gasteiger partial charge in [-0.1, -0.05) is 30.8 Å². The SMILES string of the molecule is CCCn1nnnc1CSc1nc2sc(C)c(C)c2c(=O)n1-c1cccc(C)c1C. The topological polar surface area (TPSA) is 78.5 Å². The minimum Gasteiger partial charge on any atom is -0.268 e. The fourth-order valence-corrected chi connectivity index (χ4v) is 5.41. The maximum absolute atomic E-state index is 13.6. The van der Waals surface area contributed by atoms with Crippen LogP contribution in [-0.2, 0) is 12.3 Å². The first-order chi connectivity index (χ1) is 14.4. The number of benzene rings is 1. The molecule has 0 N–H and O–H groups in total. The van der Waals surface area contributed by atoms with Crippen molar-refractivity contribution < 1.29 is 0 Å². The lowest BCUT2D eigenvalue weighted by molar-refractivity contribution is 0.564. The van der Waals surface area contributed by atoms with Gasteiger partial charge < -0.3 is 0 Å². The Hall–Kier alpha value is -2.52. The summed E-state index contributed by atoms with van der Waals surface area (Å²) in [5.41, 5.74) is 4.07. The molecule has 156 valence electrons. The van der Waals surface area contributed by atoms with Crippen LogP contribution in [0.1, 0.15) is 40.7 Å². The van der Waals surface area contributed by atoms with E-state index in [0.717, 1.165) is 50.9 Å². The number of aryl methyl sites for hydroxylation is 4. The first-order valence-corrected chi connectivity index (χ1v) is 11.7. The summed E-state index contributed by atoms with van der Waals surface area (Å²) in [5.74, 6) is 1.32. The Bertz CT molecular complexity index is 1290. The van der Waals surface area contributed by atoms with E-state index in [9.17, 15) is 4.79 Å². The summed E-state index contributed by atoms with van der Waals surface area (Å²) in [4.78, 5) is 20.5. The molecule has 0 aliphatic heterocycles. The molecule has 0 atom stereocenters. The van der Waals surface area contributed by atoms with Crippen molar-refractivity contribution in [3.8, 4) is 5.69 Å². The molecule has 0 unspecified atom stereocenters. The Balaban J connectivity index is 1.88. The van der Waals surface area contributed by atoms with Gasteiger partial charge in [-0.25, -0.2) is 9.67 Å². The summed E-state index contributed by atoms with van der Waals surface area (Å²) in [6.45, 7) is 11.0. The van der Waals surface area contributed by atoms with Crippen LogP contribution in [-0.4, -0.2) is 29.8 Å². The Morgan fingerprint density at radius 3 is 2.70 bits per heavy atom. The highest BCUT2D eigenvalue weighted by atomic mass is 32.2. The molecule has 30 heavy (non-hydrogen) atoms. The van der Waals surface area contributed by atoms with Gasteiger partial charge in [0.15, 0.2) is 11.0 Å². The Kier molecular flexibility index (Phi) is 5.75. The monoisotopic (exact) mass is 440 g/mol. The molecule has 0 saturated carbocycles. The van der Waals surface area contributed by atoms with Crippen LogP contribution in [0.2, 0.25) is 0 Å². The first kappa shape index (κ1) is 20.7. The van der Waals surface area contributed by atoms with Crippen molar-refractivity contribution in [1.29, 1.82) is 0 Å². The van der Waals surface area contributed by atoms with Crippen molar-refractivity contribution in [1.82, 2.24) is 29.8 Å². The van der Waals surface area contributed by atoms with Gasteiger partial charge in [0.05, 0.1) is 16.8 Å². The van der Waals surface area contributed by atoms with Gasteiger partial charge in [-0.2, -0.15) is 0 Å². The molecule has 4 aromatic rings. The van der Waals surface area contributed by atoms with E-state index >= 15 is 0 Å². The Morgan fingerprint density at radius 2 is 1.93 bits per heavy atom. The number of hydrogen-bond acceptors (Lipinski definition) is 7. The predicted molar refractivity (Wildman–Crippen MR) is 122 cm³/mol. The number of nitrogens with zero attached hydrogens (tertiary/aromatic N) is 6. The largest absolute Gasteiger partial charge is 0.268 e. The van der Waals surface area contributed by atoms with Crippen LogP contribution in [0, 0.1) is 27.7 Å². The zero-order chi connectivity index (χ0) is 21.4. The molecule has 4 rings (SSSR count). The van der Waals surface area contributed by atoms with E-state index in [0.29, 0.717) is 16.3 Å². The number of fused-ring (bicyclic) bond motifs is 1. The molecule has 3 heterocycles. The van der Waals surface area contributed by atoms with Crippen molar-refractivity contribution >= 4 is 33.3 Å². The molecule has 0 spiro atoms. The van der Waals surface area contributed by atoms with E-state index in [1.165, 1.54) is 11.8 Å². The lowest BCUT2D eigenvalue weighted by Crippen LogP contribution is -2.22. The second-order valence-corrected chi connectivity index (χ2v) is 9.47. The first-order valence-electron chi connectivity index (χ1n) is 9.89. The Morgan fingerprint density at radius 1 is 1.13 bits per heavy atom. The molecule has 7 nitrogen and oxygen atoms in total. The Labute approximate surface area is 183 Å². The number of thiophene rings is 1. The molecule has 0 aliphatic rings. The number of hydrogen-bond donors (Lipinski definition) is 0. The average molecular weight is 441 g/mol. The number of rotatable bonds is 6. The van der Waals surface area contributed by atoms with Crippen LogP contribution in [0.3, 0.4) is 0 Å². The molecule has 0 radical (unpaired) electrons. The molecule has 1 aromatic carbocycles. The standard InChI is InChI=1S/C21H24N6OS2/c1-6-10-26-17(23-24-25-26)11-29-21-22-19-18(14(4)15(5)30-19)20(28)27(21)16-9-7-8-12(2)13(16)3/h7-9H,6,10-11H2,1-5H3. The van der Waals surface area contributed by atoms with E-state index < -0.39 is 0 Å². The molecule has 0 aliphatic carbocycles. The molecule has 0 bridgehead atoms. The smallest absolute Gasteiger partial charge is 0.267 e. The molecule has 0 saturated heterocycles. The second kappa shape index (κ2) is 8.31. The number of aromatic nitrogens is 6. The van der Waals surface area contributed by atoms with Gasteiger partial charge in [-0.15, -0.1) is 16.4 Å². The highest BCUT2D eigenvalue weighted by Crippen LogP contribution is 2.31. The van der Waals surface area contributed by atoms with Gasteiger partial charge >= 0.3 is 0 Å². The molecular formula is C21H24N6OS2. The van der Waals surface area contributed by atoms with Crippen LogP contribution in [0.25, 0.3) is 15.9 Å². The minimum absolute atomic E-state index is 0.0220. The second-order valence-electron chi connectivity index (χ2n) is 7.32. The summed E-state index contributed by atoms with van der Waals surface area (Å²) < 4.78 is 3.56. The van der Waals surface area contributed by atoms with Crippen LogP contribution < -0.4 is 5.56 Å². The van der Waals surface area contributed by atoms with E-state index in [1.807, 2.05) is 37.6 Å². The van der Waals surface area contributed by atoms with Crippen LogP contribution in [0.15, 0.2) is 28.2 Å². The van der Waals surface area contributed by atoms with Crippen molar-refractivity contribution in [2.45, 2.75) is 58.5 Å². The lowest BCUT2D eigenvalue weighted by atomic mass is 10.1. The summed E-state index contributed by atoms with van der Waals surface area (Å²) in [6, 6.07) is 6.02. The van der Waals surface area contributed by atoms with E-state index in [2.05, 4.69) is 35.4 Å². The van der Waals surface area contributed by atoms with Gasteiger partial charge in [0.2, 0.25) is 0 Å². The van der Waals surface area contributed by atoms with E-state index in [4.69, 9.17) is 4.98 Å². The fraction of sp³-hybridized carbons (Fsp3) is 0.381. The third-order valence-electron chi connectivity index (χ3n) is 5.36. The normalized spacial score (nSPS) is 11.5. The fourth-order valence-electron chi connectivity index (χ4n) is 3.40. The quantitative estimate of drug-likeness (QED) is 0.327. The summed E-state index contributed by atoms with van der Waals surface area (Å²) >= 11 is 3.06. The molecule has 9 heteroatoms. The van der Waals surface area contributed by atoms with Crippen molar-refractivity contribution in [2.24, 2.45) is 0 Å². The average Bonchev–Trinajstić information content (AvgIpc) is 3.27. The minimum atomic E-state index is -0.0220. The maximum atomic E-state index is 13.6. The molecule has 3 aromatic heterocycles.